The molecule has 2 aromatic rings. The van der Waals surface area contributed by atoms with E-state index in [2.05, 4.69) is 15.5 Å². The van der Waals surface area contributed by atoms with E-state index in [1.807, 2.05) is 30.3 Å². The van der Waals surface area contributed by atoms with Crippen LogP contribution in [0.2, 0.25) is 0 Å². The van der Waals surface area contributed by atoms with Crippen LogP contribution in [0.15, 0.2) is 54.6 Å². The zero-order valence-corrected chi connectivity index (χ0v) is 21.6. The molecule has 0 aromatic heterocycles. The monoisotopic (exact) mass is 546 g/mol. The predicted octanol–water partition coefficient (Wildman–Crippen LogP) is 3.82. The number of ether oxygens (including phenoxy) is 1. The summed E-state index contributed by atoms with van der Waals surface area (Å²) in [6.45, 7) is 2.64. The second kappa shape index (κ2) is 13.0. The third-order valence-electron chi connectivity index (χ3n) is 7.12. The van der Waals surface area contributed by atoms with Gasteiger partial charge in [-0.15, -0.1) is 0 Å². The van der Waals surface area contributed by atoms with Gasteiger partial charge in [0, 0.05) is 43.8 Å². The second-order valence-corrected chi connectivity index (χ2v) is 9.92. The van der Waals surface area contributed by atoms with Crippen LogP contribution >= 0.6 is 0 Å². The molecule has 2 aliphatic rings. The first-order valence-corrected chi connectivity index (χ1v) is 13.1. The van der Waals surface area contributed by atoms with Crippen LogP contribution in [0.5, 0.6) is 0 Å². The van der Waals surface area contributed by atoms with E-state index >= 15 is 0 Å². The van der Waals surface area contributed by atoms with Crippen LogP contribution in [-0.2, 0) is 22.3 Å². The number of nitrogens with zero attached hydrogens (tertiary/aromatic N) is 2. The molecular weight excluding hydrogens is 513 g/mol. The molecule has 11 heteroatoms. The number of halogens is 3. The van der Waals surface area contributed by atoms with Crippen LogP contribution in [-0.4, -0.2) is 72.5 Å². The van der Waals surface area contributed by atoms with Crippen molar-refractivity contribution in [2.45, 2.75) is 50.6 Å². The van der Waals surface area contributed by atoms with Gasteiger partial charge in [0.25, 0.3) is 5.91 Å². The van der Waals surface area contributed by atoms with Gasteiger partial charge in [-0.05, 0) is 49.4 Å². The Morgan fingerprint density at radius 3 is 2.51 bits per heavy atom. The van der Waals surface area contributed by atoms with E-state index in [9.17, 15) is 27.6 Å². The number of likely N-dealkylation sites (tertiary alicyclic amines) is 2. The molecular formula is C28H33F3N4O4. The van der Waals surface area contributed by atoms with Crippen molar-refractivity contribution in [1.29, 1.82) is 0 Å². The molecule has 210 valence electrons. The van der Waals surface area contributed by atoms with Crippen molar-refractivity contribution in [3.8, 4) is 0 Å². The molecule has 0 radical (unpaired) electrons. The van der Waals surface area contributed by atoms with Crippen LogP contribution in [0.1, 0.15) is 47.2 Å². The molecule has 0 saturated carbocycles. The van der Waals surface area contributed by atoms with Gasteiger partial charge in [-0.2, -0.15) is 13.2 Å². The summed E-state index contributed by atoms with van der Waals surface area (Å²) in [5, 5.41) is 5.29. The first-order chi connectivity index (χ1) is 18.7. The van der Waals surface area contributed by atoms with E-state index in [4.69, 9.17) is 4.74 Å². The van der Waals surface area contributed by atoms with Gasteiger partial charge in [-0.3, -0.25) is 14.5 Å². The largest absolute Gasteiger partial charge is 0.445 e. The number of nitrogens with one attached hydrogen (secondary N) is 2. The van der Waals surface area contributed by atoms with Gasteiger partial charge in [0.15, 0.2) is 0 Å². The lowest BCUT2D eigenvalue weighted by molar-refractivity contribution is -0.137. The molecule has 2 saturated heterocycles. The summed E-state index contributed by atoms with van der Waals surface area (Å²) in [4.78, 5) is 41.3. The number of carbonyl (C=O) groups is 3. The molecule has 2 heterocycles. The third-order valence-corrected chi connectivity index (χ3v) is 7.12. The van der Waals surface area contributed by atoms with Crippen molar-refractivity contribution in [2.75, 3.05) is 32.7 Å². The van der Waals surface area contributed by atoms with Gasteiger partial charge in [0.1, 0.15) is 6.61 Å². The molecule has 2 fully saturated rings. The number of benzene rings is 2. The normalized spacial score (nSPS) is 20.2. The number of rotatable bonds is 7. The van der Waals surface area contributed by atoms with Crippen molar-refractivity contribution in [3.63, 3.8) is 0 Å². The first kappa shape index (κ1) is 28.4. The Labute approximate surface area is 225 Å². The number of alkyl halides is 3. The molecule has 0 bridgehead atoms. The van der Waals surface area contributed by atoms with Crippen LogP contribution < -0.4 is 10.6 Å². The summed E-state index contributed by atoms with van der Waals surface area (Å²) in [5.74, 6) is -1.13. The van der Waals surface area contributed by atoms with Gasteiger partial charge >= 0.3 is 12.3 Å². The Morgan fingerprint density at radius 1 is 0.949 bits per heavy atom. The summed E-state index contributed by atoms with van der Waals surface area (Å²) < 4.78 is 44.1. The highest BCUT2D eigenvalue weighted by atomic mass is 19.4. The van der Waals surface area contributed by atoms with Crippen LogP contribution in [0.25, 0.3) is 0 Å². The predicted molar refractivity (Wildman–Crippen MR) is 138 cm³/mol. The highest BCUT2D eigenvalue weighted by molar-refractivity contribution is 5.96. The van der Waals surface area contributed by atoms with Crippen molar-refractivity contribution in [2.24, 2.45) is 0 Å². The second-order valence-electron chi connectivity index (χ2n) is 9.92. The lowest BCUT2D eigenvalue weighted by Gasteiger charge is -2.27. The summed E-state index contributed by atoms with van der Waals surface area (Å²) in [6.07, 6.45) is -1.49. The average molecular weight is 547 g/mol. The zero-order valence-electron chi connectivity index (χ0n) is 21.6. The van der Waals surface area contributed by atoms with E-state index in [-0.39, 0.29) is 30.9 Å². The lowest BCUT2D eigenvalue weighted by atomic mass is 10.1. The molecule has 8 nitrogen and oxygen atoms in total. The molecule has 2 aromatic carbocycles. The van der Waals surface area contributed by atoms with Crippen molar-refractivity contribution >= 4 is 17.9 Å². The molecule has 2 atom stereocenters. The number of hydrogen-bond acceptors (Lipinski definition) is 5. The van der Waals surface area contributed by atoms with Gasteiger partial charge < -0.3 is 20.3 Å². The molecule has 0 unspecified atom stereocenters. The molecule has 39 heavy (non-hydrogen) atoms. The number of amides is 3. The standard InChI is InChI=1S/C28H33F3N4O4/c29-28(30,31)22-9-4-8-21(16-22)26(37)32-17-25(36)33-23-11-14-35(18-23)24-10-5-13-34(15-12-24)27(38)39-19-20-6-2-1-3-7-20/h1-4,6-9,16,23-24H,5,10-15,17-19H2,(H,32,37)(H,33,36)/t23-,24+/m1/s1. The maximum absolute atomic E-state index is 12.9. The van der Waals surface area contributed by atoms with Gasteiger partial charge in [0.2, 0.25) is 5.91 Å². The maximum atomic E-state index is 12.9. The quantitative estimate of drug-likeness (QED) is 0.551. The topological polar surface area (TPSA) is 91.0 Å². The highest BCUT2D eigenvalue weighted by Crippen LogP contribution is 2.29. The first-order valence-electron chi connectivity index (χ1n) is 13.1. The minimum absolute atomic E-state index is 0.0850. The van der Waals surface area contributed by atoms with E-state index in [1.165, 1.54) is 6.07 Å². The summed E-state index contributed by atoms with van der Waals surface area (Å²) >= 11 is 0. The fourth-order valence-corrected chi connectivity index (χ4v) is 5.05. The summed E-state index contributed by atoms with van der Waals surface area (Å²) in [6, 6.07) is 13.8. The Kier molecular flexibility index (Phi) is 9.45. The average Bonchev–Trinajstić information content (AvgIpc) is 3.24. The van der Waals surface area contributed by atoms with Gasteiger partial charge in [-0.1, -0.05) is 36.4 Å². The SMILES string of the molecule is O=C(CNC(=O)c1cccc(C(F)(F)F)c1)N[C@@H]1CCN([C@H]2CCCN(C(=O)OCc3ccccc3)CC2)C1. The fraction of sp³-hybridized carbons (Fsp3) is 0.464. The number of hydrogen-bond donors (Lipinski definition) is 2. The van der Waals surface area contributed by atoms with E-state index in [1.54, 1.807) is 4.90 Å². The fourth-order valence-electron chi connectivity index (χ4n) is 5.05. The molecule has 0 aliphatic carbocycles. The minimum Gasteiger partial charge on any atom is -0.445 e. The van der Waals surface area contributed by atoms with Crippen LogP contribution in [0.3, 0.4) is 0 Å². The smallest absolute Gasteiger partial charge is 0.416 e. The van der Waals surface area contributed by atoms with Crippen molar-refractivity contribution in [3.05, 3.63) is 71.3 Å². The summed E-state index contributed by atoms with van der Waals surface area (Å²) in [5.41, 5.74) is -0.133. The van der Waals surface area contributed by atoms with Gasteiger partial charge in [0.05, 0.1) is 12.1 Å². The Balaban J connectivity index is 1.17. The maximum Gasteiger partial charge on any atom is 0.416 e. The van der Waals surface area contributed by atoms with E-state index in [0.29, 0.717) is 25.7 Å². The highest BCUT2D eigenvalue weighted by Gasteiger charge is 2.32. The molecule has 3 amide bonds. The molecule has 0 spiro atoms. The zero-order chi connectivity index (χ0) is 27.8. The minimum atomic E-state index is -4.55. The Hall–Kier alpha value is -3.60. The summed E-state index contributed by atoms with van der Waals surface area (Å²) in [7, 11) is 0. The Bertz CT molecular complexity index is 1150. The van der Waals surface area contributed by atoms with Crippen molar-refractivity contribution in [1.82, 2.24) is 20.4 Å². The molecule has 4 rings (SSSR count). The number of carbonyl (C=O) groups excluding carboxylic acids is 3. The van der Waals surface area contributed by atoms with E-state index in [0.717, 1.165) is 56.0 Å². The molecule has 2 aliphatic heterocycles. The Morgan fingerprint density at radius 2 is 1.74 bits per heavy atom. The van der Waals surface area contributed by atoms with Crippen LogP contribution in [0.4, 0.5) is 18.0 Å². The molecule has 2 N–H and O–H groups in total. The van der Waals surface area contributed by atoms with Crippen molar-refractivity contribution < 1.29 is 32.3 Å². The van der Waals surface area contributed by atoms with Crippen LogP contribution in [0, 0.1) is 0 Å². The van der Waals surface area contributed by atoms with Gasteiger partial charge in [-0.25, -0.2) is 4.79 Å². The van der Waals surface area contributed by atoms with E-state index < -0.39 is 23.6 Å². The lowest BCUT2D eigenvalue weighted by Crippen LogP contribution is -2.44. The third kappa shape index (κ3) is 8.19.